The zero-order valence-electron chi connectivity index (χ0n) is 1.76. The second kappa shape index (κ2) is 9.02. The van der Waals surface area contributed by atoms with Crippen molar-refractivity contribution in [2.45, 2.75) is 0 Å². The van der Waals surface area contributed by atoms with Crippen molar-refractivity contribution in [1.29, 1.82) is 0 Å². The van der Waals surface area contributed by atoms with Gasteiger partial charge in [0.2, 0.25) is 0 Å². The van der Waals surface area contributed by atoms with Crippen LogP contribution in [0.25, 0.3) is 0 Å². The average molecular weight is 479 g/mol. The third-order valence-electron chi connectivity index (χ3n) is 0. The topological polar surface area (TPSA) is 31.5 Å². The van der Waals surface area contributed by atoms with Crippen molar-refractivity contribution in [3.05, 3.63) is 0 Å². The second-order valence-corrected chi connectivity index (χ2v) is 28.2. The Morgan fingerprint density at radius 2 is 1.25 bits per heavy atom. The first kappa shape index (κ1) is 9.60. The Morgan fingerprint density at radius 1 is 1.25 bits per heavy atom. The Morgan fingerprint density at radius 3 is 1.25 bits per heavy atom. The van der Waals surface area contributed by atoms with Gasteiger partial charge in [0.05, 0.1) is 0 Å². The van der Waals surface area contributed by atoms with E-state index in [9.17, 15) is 0 Å². The maximum atomic E-state index is 2.47. The van der Waals surface area contributed by atoms with Crippen LogP contribution < -0.4 is 0 Å². The van der Waals surface area contributed by atoms with Crippen molar-refractivity contribution in [1.82, 2.24) is 0 Å². The predicted octanol–water partition coefficient (Wildman–Crippen LogP) is 0.566. The van der Waals surface area contributed by atoms with E-state index in [1.807, 2.05) is 0 Å². The summed E-state index contributed by atoms with van der Waals surface area (Å²) in [5, 5.41) is 0. The van der Waals surface area contributed by atoms with Gasteiger partial charge >= 0.3 is 51.2 Å². The van der Waals surface area contributed by atoms with E-state index < -0.39 is 0 Å². The van der Waals surface area contributed by atoms with Gasteiger partial charge in [-0.05, 0) is 0 Å². The molecule has 0 saturated heterocycles. The Balaban J connectivity index is 0. The van der Waals surface area contributed by atoms with Crippen LogP contribution in [-0.4, -0.2) is 21.1 Å². The Bertz CT molecular complexity index is 6.00. The molecule has 26 valence electrons. The van der Waals surface area contributed by atoms with E-state index in [0.717, 1.165) is 0 Å². The molecule has 0 aromatic rings. The van der Waals surface area contributed by atoms with Crippen LogP contribution in [0.2, 0.25) is 0 Å². The number of hydrogen-bond acceptors (Lipinski definition) is 0. The van der Waals surface area contributed by atoms with Gasteiger partial charge in [-0.25, -0.2) is 0 Å². The summed E-state index contributed by atoms with van der Waals surface area (Å²) < 4.78 is 0. The fourth-order valence-corrected chi connectivity index (χ4v) is 0. The van der Waals surface area contributed by atoms with Gasteiger partial charge in [0.25, 0.3) is 0 Å². The summed E-state index contributed by atoms with van der Waals surface area (Å²) in [6.07, 6.45) is 0. The monoisotopic (exact) mass is 480 g/mol. The molecule has 0 aromatic carbocycles. The predicted molar refractivity (Wildman–Crippen MR) is 37.4 cm³/mol. The molecule has 1 nitrogen and oxygen atoms in total. The van der Waals surface area contributed by atoms with Crippen molar-refractivity contribution in [2.75, 3.05) is 0 Å². The third-order valence-corrected chi connectivity index (χ3v) is 0. The summed E-state index contributed by atoms with van der Waals surface area (Å²) in [5.41, 5.74) is 0. The summed E-state index contributed by atoms with van der Waals surface area (Å²) >= 11 is 4.96. The summed E-state index contributed by atoms with van der Waals surface area (Å²) in [4.78, 5) is 0. The fraction of sp³-hybridized carbons (Fsp3) is 0. The van der Waals surface area contributed by atoms with E-state index in [1.54, 1.807) is 0 Å². The molecule has 0 spiro atoms. The molecule has 4 heavy (non-hydrogen) atoms. The molecule has 0 bridgehead atoms. The minimum atomic E-state index is 0. The van der Waals surface area contributed by atoms with Crippen molar-refractivity contribution in [2.24, 2.45) is 0 Å². The second-order valence-electron chi connectivity index (χ2n) is 0.0714. The molecule has 0 unspecified atom stereocenters. The van der Waals surface area contributed by atoms with Gasteiger partial charge in [0.15, 0.2) is 0 Å². The Labute approximate surface area is 55.3 Å². The van der Waals surface area contributed by atoms with Crippen molar-refractivity contribution >= 4 is 51.2 Å². The number of hydrogen-bond donors (Lipinski definition) is 0. The average Bonchev–Trinajstić information content (AvgIpc) is 0.918. The third kappa shape index (κ3) is 8.84. The summed E-state index contributed by atoms with van der Waals surface area (Å²) in [6, 6.07) is 0. The van der Waals surface area contributed by atoms with Crippen LogP contribution >= 0.6 is 35.5 Å². The van der Waals surface area contributed by atoms with E-state index in [1.165, 1.54) is 0 Å². The van der Waals surface area contributed by atoms with E-state index in [2.05, 4.69) is 35.5 Å². The van der Waals surface area contributed by atoms with Crippen LogP contribution in [0.1, 0.15) is 0 Å². The Kier molecular flexibility index (Phi) is 21.6. The molecule has 2 radical (unpaired) electrons. The molecule has 4 heteroatoms. The fourth-order valence-electron chi connectivity index (χ4n) is 0. The first-order chi connectivity index (χ1) is 1.41. The van der Waals surface area contributed by atoms with Gasteiger partial charge in [-0.2, -0.15) is 0 Å². The van der Waals surface area contributed by atoms with Crippen molar-refractivity contribution in [3.8, 4) is 0 Å². The van der Waals surface area contributed by atoms with Crippen LogP contribution in [0.4, 0.5) is 0 Å². The quantitative estimate of drug-likeness (QED) is 0.360. The molecule has 0 atom stereocenters. The molecule has 0 rings (SSSR count). The molecule has 0 aromatic heterocycles. The molecular weight excluding hydrogens is 477 g/mol. The SMILES string of the molecule is O.[I][Pb][I]. The molecular formula is H2I2OPb. The van der Waals surface area contributed by atoms with Gasteiger partial charge < -0.3 is 5.48 Å². The maximum absolute atomic E-state index is 2.47. The standard InChI is InChI=1S/2HI.H2O.Pb/h2*1H;1H2;/q;;;+2/p-2. The number of rotatable bonds is 0. The van der Waals surface area contributed by atoms with Crippen LogP contribution in [0, 0.1) is 0 Å². The van der Waals surface area contributed by atoms with Crippen molar-refractivity contribution < 1.29 is 5.48 Å². The van der Waals surface area contributed by atoms with Crippen LogP contribution in [0.15, 0.2) is 0 Å². The number of halogens is 2. The van der Waals surface area contributed by atoms with Crippen molar-refractivity contribution in [3.63, 3.8) is 0 Å². The van der Waals surface area contributed by atoms with E-state index in [-0.39, 0.29) is 21.1 Å². The van der Waals surface area contributed by atoms with Crippen LogP contribution in [0.5, 0.6) is 0 Å². The molecule has 0 heterocycles. The van der Waals surface area contributed by atoms with Gasteiger partial charge in [0, 0.05) is 0 Å². The van der Waals surface area contributed by atoms with Gasteiger partial charge in [-0.1, -0.05) is 0 Å². The molecule has 0 aliphatic heterocycles. The molecule has 2 N–H and O–H groups in total. The van der Waals surface area contributed by atoms with E-state index >= 15 is 0 Å². The summed E-state index contributed by atoms with van der Waals surface area (Å²) in [5.74, 6) is 0. The normalized spacial score (nSPS) is 4.50. The van der Waals surface area contributed by atoms with E-state index in [4.69, 9.17) is 0 Å². The Hall–Kier alpha value is 2.34. The van der Waals surface area contributed by atoms with Gasteiger partial charge in [0.1, 0.15) is 0 Å². The molecule has 0 saturated carbocycles. The van der Waals surface area contributed by atoms with E-state index in [0.29, 0.717) is 0 Å². The molecule has 0 aliphatic carbocycles. The van der Waals surface area contributed by atoms with Crippen LogP contribution in [-0.2, 0) is 0 Å². The first-order valence-electron chi connectivity index (χ1n) is 0.378. The first-order valence-corrected chi connectivity index (χ1v) is 22.2. The van der Waals surface area contributed by atoms with Crippen LogP contribution in [0.3, 0.4) is 0 Å². The summed E-state index contributed by atoms with van der Waals surface area (Å²) in [6.45, 7) is 0. The molecule has 0 aliphatic rings. The summed E-state index contributed by atoms with van der Waals surface area (Å²) in [7, 11) is 0. The zero-order chi connectivity index (χ0) is 2.71. The van der Waals surface area contributed by atoms with Gasteiger partial charge in [-0.3, -0.25) is 0 Å². The van der Waals surface area contributed by atoms with Gasteiger partial charge in [-0.15, -0.1) is 0 Å². The minimum absolute atomic E-state index is 0. The zero-order valence-corrected chi connectivity index (χ0v) is 9.96. The molecule has 0 fully saturated rings. The molecule has 0 amide bonds.